The monoisotopic (exact) mass is 438 g/mol. The van der Waals surface area contributed by atoms with Crippen LogP contribution >= 0.6 is 0 Å². The molecular weight excluding hydrogens is 416 g/mol. The van der Waals surface area contributed by atoms with E-state index in [-0.39, 0.29) is 11.7 Å². The van der Waals surface area contributed by atoms with Gasteiger partial charge in [-0.2, -0.15) is 0 Å². The van der Waals surface area contributed by atoms with Gasteiger partial charge in [0.15, 0.2) is 0 Å². The van der Waals surface area contributed by atoms with Crippen molar-refractivity contribution in [2.45, 2.75) is 19.6 Å². The van der Waals surface area contributed by atoms with Crippen molar-refractivity contribution < 1.29 is 22.7 Å². The summed E-state index contributed by atoms with van der Waals surface area (Å²) in [6.45, 7) is 4.17. The van der Waals surface area contributed by atoms with Crippen LogP contribution in [0.2, 0.25) is 0 Å². The average molecular weight is 439 g/mol. The molecular formula is C23H22N2O5S. The molecule has 1 aliphatic heterocycles. The summed E-state index contributed by atoms with van der Waals surface area (Å²) < 4.78 is 33.2. The number of aryl methyl sites for hydroxylation is 1. The number of rotatable bonds is 6. The lowest BCUT2D eigenvalue weighted by Gasteiger charge is -2.16. The second-order valence-corrected chi connectivity index (χ2v) is 9.13. The predicted octanol–water partition coefficient (Wildman–Crippen LogP) is 3.86. The molecule has 3 aromatic rings. The van der Waals surface area contributed by atoms with Crippen LogP contribution in [-0.4, -0.2) is 33.9 Å². The Hall–Kier alpha value is -3.39. The van der Waals surface area contributed by atoms with Crippen molar-refractivity contribution in [1.29, 1.82) is 0 Å². The number of hydrogen-bond donors (Lipinski definition) is 1. The molecule has 3 aromatic carbocycles. The number of benzene rings is 3. The van der Waals surface area contributed by atoms with Crippen LogP contribution in [0.3, 0.4) is 0 Å². The Bertz CT molecular complexity index is 1330. The van der Waals surface area contributed by atoms with Gasteiger partial charge in [0, 0.05) is 22.9 Å². The van der Waals surface area contributed by atoms with Crippen LogP contribution in [0.15, 0.2) is 48.5 Å². The SMILES string of the molecule is CCN1C(=O)c2cccc3c(NS(=O)(=O)Cc4ccc(C(=O)OC)c(C)c4)ccc1c23. The molecule has 0 saturated heterocycles. The highest BCUT2D eigenvalue weighted by Crippen LogP contribution is 2.40. The van der Waals surface area contributed by atoms with Crippen molar-refractivity contribution in [3.8, 4) is 0 Å². The number of sulfonamides is 1. The molecule has 0 aliphatic carbocycles. The van der Waals surface area contributed by atoms with E-state index in [4.69, 9.17) is 4.74 Å². The van der Waals surface area contributed by atoms with Crippen molar-refractivity contribution >= 4 is 44.0 Å². The normalized spacial score (nSPS) is 13.0. The maximum Gasteiger partial charge on any atom is 0.338 e. The van der Waals surface area contributed by atoms with E-state index in [1.807, 2.05) is 13.0 Å². The fourth-order valence-corrected chi connectivity index (χ4v) is 5.23. The smallest absolute Gasteiger partial charge is 0.338 e. The summed E-state index contributed by atoms with van der Waals surface area (Å²) in [5, 5.41) is 1.44. The molecule has 0 unspecified atom stereocenters. The number of methoxy groups -OCH3 is 1. The highest BCUT2D eigenvalue weighted by atomic mass is 32.2. The Morgan fingerprint density at radius 3 is 2.58 bits per heavy atom. The summed E-state index contributed by atoms with van der Waals surface area (Å²) in [5.41, 5.74) is 3.38. The first-order chi connectivity index (χ1) is 14.8. The Morgan fingerprint density at radius 2 is 1.90 bits per heavy atom. The molecule has 0 radical (unpaired) electrons. The minimum Gasteiger partial charge on any atom is -0.465 e. The zero-order valence-electron chi connectivity index (χ0n) is 17.4. The van der Waals surface area contributed by atoms with Crippen LogP contribution in [0.4, 0.5) is 11.4 Å². The van der Waals surface area contributed by atoms with E-state index in [1.54, 1.807) is 54.3 Å². The number of carbonyl (C=O) groups is 2. The van der Waals surface area contributed by atoms with Crippen molar-refractivity contribution in [2.24, 2.45) is 0 Å². The minimum atomic E-state index is -3.74. The summed E-state index contributed by atoms with van der Waals surface area (Å²) in [6.07, 6.45) is 0. The molecule has 0 bridgehead atoms. The standard InChI is InChI=1S/C23H22N2O5S/c1-4-25-20-11-10-19(17-6-5-7-18(21(17)20)22(25)26)24-31(28,29)13-15-8-9-16(14(2)12-15)23(27)30-3/h5-12,24H,4,13H2,1-3H3. The largest absolute Gasteiger partial charge is 0.465 e. The number of carbonyl (C=O) groups excluding carboxylic acids is 2. The number of nitrogens with one attached hydrogen (secondary N) is 1. The Morgan fingerprint density at radius 1 is 1.13 bits per heavy atom. The second-order valence-electron chi connectivity index (χ2n) is 7.41. The topological polar surface area (TPSA) is 92.8 Å². The Labute approximate surface area is 180 Å². The van der Waals surface area contributed by atoms with E-state index < -0.39 is 16.0 Å². The zero-order chi connectivity index (χ0) is 22.3. The molecule has 4 rings (SSSR count). The van der Waals surface area contributed by atoms with Crippen molar-refractivity contribution in [3.05, 3.63) is 70.8 Å². The quantitative estimate of drug-likeness (QED) is 0.590. The molecule has 7 nitrogen and oxygen atoms in total. The van der Waals surface area contributed by atoms with Crippen molar-refractivity contribution in [2.75, 3.05) is 23.3 Å². The third-order valence-corrected chi connectivity index (χ3v) is 6.66. The second kappa shape index (κ2) is 7.70. The number of hydrogen-bond acceptors (Lipinski definition) is 5. The zero-order valence-corrected chi connectivity index (χ0v) is 18.2. The van der Waals surface area contributed by atoms with Gasteiger partial charge in [-0.05, 0) is 49.2 Å². The van der Waals surface area contributed by atoms with Crippen LogP contribution in [0, 0.1) is 6.92 Å². The van der Waals surface area contributed by atoms with E-state index >= 15 is 0 Å². The van der Waals surface area contributed by atoms with Gasteiger partial charge in [0.05, 0.1) is 29.8 Å². The average Bonchev–Trinajstić information content (AvgIpc) is 3.01. The number of esters is 1. The molecule has 1 aliphatic rings. The maximum absolute atomic E-state index is 12.9. The van der Waals surface area contributed by atoms with Gasteiger partial charge in [0.1, 0.15) is 0 Å². The minimum absolute atomic E-state index is 0.0794. The van der Waals surface area contributed by atoms with Gasteiger partial charge in [0.2, 0.25) is 10.0 Å². The first-order valence-corrected chi connectivity index (χ1v) is 11.5. The third kappa shape index (κ3) is 3.63. The van der Waals surface area contributed by atoms with E-state index in [1.165, 1.54) is 7.11 Å². The van der Waals surface area contributed by atoms with Crippen LogP contribution in [0.5, 0.6) is 0 Å². The van der Waals surface area contributed by atoms with Gasteiger partial charge < -0.3 is 9.64 Å². The molecule has 0 saturated carbocycles. The summed E-state index contributed by atoms with van der Waals surface area (Å²) in [6, 6.07) is 13.6. The van der Waals surface area contributed by atoms with Crippen LogP contribution in [0.25, 0.3) is 10.8 Å². The lowest BCUT2D eigenvalue weighted by molar-refractivity contribution is 0.0599. The molecule has 0 atom stereocenters. The third-order valence-electron chi connectivity index (χ3n) is 5.42. The Kier molecular flexibility index (Phi) is 5.18. The highest BCUT2D eigenvalue weighted by molar-refractivity contribution is 7.91. The highest BCUT2D eigenvalue weighted by Gasteiger charge is 2.29. The van der Waals surface area contributed by atoms with Gasteiger partial charge >= 0.3 is 5.97 Å². The molecule has 1 amide bonds. The van der Waals surface area contributed by atoms with Crippen LogP contribution in [0.1, 0.15) is 38.8 Å². The van der Waals surface area contributed by atoms with E-state index in [0.29, 0.717) is 39.9 Å². The van der Waals surface area contributed by atoms with Gasteiger partial charge in [-0.15, -0.1) is 0 Å². The van der Waals surface area contributed by atoms with Crippen molar-refractivity contribution in [3.63, 3.8) is 0 Å². The van der Waals surface area contributed by atoms with E-state index in [0.717, 1.165) is 11.1 Å². The number of nitrogens with zero attached hydrogens (tertiary/aromatic N) is 1. The molecule has 160 valence electrons. The first-order valence-electron chi connectivity index (χ1n) is 9.81. The number of ether oxygens (including phenoxy) is 1. The molecule has 0 fully saturated rings. The molecule has 8 heteroatoms. The van der Waals surface area contributed by atoms with Crippen LogP contribution < -0.4 is 9.62 Å². The van der Waals surface area contributed by atoms with Gasteiger partial charge in [-0.1, -0.05) is 24.3 Å². The first kappa shape index (κ1) is 20.9. The van der Waals surface area contributed by atoms with Gasteiger partial charge in [0.25, 0.3) is 5.91 Å². The number of anilines is 2. The lowest BCUT2D eigenvalue weighted by atomic mass is 10.0. The molecule has 0 spiro atoms. The van der Waals surface area contributed by atoms with Gasteiger partial charge in [-0.25, -0.2) is 13.2 Å². The summed E-state index contributed by atoms with van der Waals surface area (Å²) in [4.78, 5) is 26.1. The number of amides is 1. The van der Waals surface area contributed by atoms with E-state index in [9.17, 15) is 18.0 Å². The summed E-state index contributed by atoms with van der Waals surface area (Å²) in [5.74, 6) is -0.795. The fourth-order valence-electron chi connectivity index (χ4n) is 4.03. The lowest BCUT2D eigenvalue weighted by Crippen LogP contribution is -2.25. The summed E-state index contributed by atoms with van der Waals surface area (Å²) >= 11 is 0. The molecule has 31 heavy (non-hydrogen) atoms. The molecule has 0 aromatic heterocycles. The molecule has 1 N–H and O–H groups in total. The Balaban J connectivity index is 1.66. The van der Waals surface area contributed by atoms with Crippen LogP contribution in [-0.2, 0) is 20.5 Å². The predicted molar refractivity (Wildman–Crippen MR) is 120 cm³/mol. The molecule has 1 heterocycles. The summed E-state index contributed by atoms with van der Waals surface area (Å²) in [7, 11) is -2.44. The fraction of sp³-hybridized carbons (Fsp3) is 0.217. The van der Waals surface area contributed by atoms with E-state index in [2.05, 4.69) is 4.72 Å². The van der Waals surface area contributed by atoms with Crippen molar-refractivity contribution in [1.82, 2.24) is 0 Å². The maximum atomic E-state index is 12.9. The van der Waals surface area contributed by atoms with Gasteiger partial charge in [-0.3, -0.25) is 9.52 Å².